The highest BCUT2D eigenvalue weighted by molar-refractivity contribution is 6.46. The third-order valence-electron chi connectivity index (χ3n) is 4.40. The first kappa shape index (κ1) is 19.6. The Hall–Kier alpha value is -3.19. The maximum Gasteiger partial charge on any atom is 0.295 e. The highest BCUT2D eigenvalue weighted by Crippen LogP contribution is 2.39. The van der Waals surface area contributed by atoms with Crippen molar-refractivity contribution >= 4 is 35.0 Å². The summed E-state index contributed by atoms with van der Waals surface area (Å²) in [6.45, 7) is -0.299. The minimum absolute atomic E-state index is 0.211. The molecule has 8 heteroatoms. The number of benzene rings is 2. The van der Waals surface area contributed by atoms with E-state index < -0.39 is 41.7 Å². The normalized spacial score (nSPS) is 18.5. The third-order valence-corrected chi connectivity index (χ3v) is 4.65. The van der Waals surface area contributed by atoms with E-state index in [-0.39, 0.29) is 17.7 Å². The summed E-state index contributed by atoms with van der Waals surface area (Å²) in [4.78, 5) is 37.0. The molecule has 1 atom stereocenters. The molecule has 0 unspecified atom stereocenters. The van der Waals surface area contributed by atoms with E-state index in [0.29, 0.717) is 10.6 Å². The van der Waals surface area contributed by atoms with E-state index in [2.05, 4.69) is 0 Å². The molecule has 0 saturated carbocycles. The highest BCUT2D eigenvalue weighted by Gasteiger charge is 2.45. The van der Waals surface area contributed by atoms with Crippen LogP contribution >= 0.6 is 11.6 Å². The van der Waals surface area contributed by atoms with Crippen molar-refractivity contribution in [1.82, 2.24) is 4.90 Å². The van der Waals surface area contributed by atoms with Crippen LogP contribution in [0.2, 0.25) is 5.02 Å². The molecule has 1 amide bonds. The van der Waals surface area contributed by atoms with Crippen LogP contribution in [0.5, 0.6) is 0 Å². The quantitative estimate of drug-likeness (QED) is 0.469. The molecule has 0 aromatic heterocycles. The zero-order chi connectivity index (χ0) is 20.4. The van der Waals surface area contributed by atoms with Gasteiger partial charge < -0.3 is 19.9 Å². The number of carboxylic acid groups (broad SMARTS) is 1. The number of ketones is 1. The molecule has 0 radical (unpaired) electrons. The van der Waals surface area contributed by atoms with Crippen LogP contribution in [0.4, 0.5) is 4.39 Å². The number of carbonyl (C=O) groups is 3. The third kappa shape index (κ3) is 3.75. The Balaban J connectivity index is 2.14. The molecule has 0 aliphatic carbocycles. The monoisotopic (exact) mass is 402 g/mol. The number of aliphatic carboxylic acids is 1. The Kier molecular flexibility index (Phi) is 5.46. The van der Waals surface area contributed by atoms with E-state index in [9.17, 15) is 29.0 Å². The van der Waals surface area contributed by atoms with Gasteiger partial charge in [-0.05, 0) is 42.0 Å². The van der Waals surface area contributed by atoms with Gasteiger partial charge in [0.1, 0.15) is 11.6 Å². The second-order valence-corrected chi connectivity index (χ2v) is 6.61. The first-order valence-electron chi connectivity index (χ1n) is 8.29. The Morgan fingerprint density at radius 3 is 2.29 bits per heavy atom. The summed E-state index contributed by atoms with van der Waals surface area (Å²) in [5, 5.41) is 22.0. The molecule has 2 aromatic rings. The first-order chi connectivity index (χ1) is 13.3. The molecular weight excluding hydrogens is 389 g/mol. The molecule has 6 nitrogen and oxygen atoms in total. The molecular formula is C20H14ClFNO5-. The number of likely N-dealkylation sites (tertiary alicyclic amines) is 1. The second-order valence-electron chi connectivity index (χ2n) is 6.17. The number of amides is 1. The number of carbonyl (C=O) groups excluding carboxylic acids is 3. The number of carboxylic acids is 1. The van der Waals surface area contributed by atoms with Gasteiger partial charge in [0.15, 0.2) is 0 Å². The Bertz CT molecular complexity index is 969. The van der Waals surface area contributed by atoms with E-state index in [1.165, 1.54) is 36.4 Å². The minimum atomic E-state index is -1.39. The van der Waals surface area contributed by atoms with Gasteiger partial charge in [-0.2, -0.15) is 0 Å². The summed E-state index contributed by atoms with van der Waals surface area (Å²) in [7, 11) is 0. The standard InChI is InChI=1S/C20H15ClFNO5/c21-13-5-1-12(2-6-13)18(26)16-17(11-3-7-14(22)8-4-11)23(10-9-15(24)25)20(28)19(16)27/h1-8,17,26H,9-10H2,(H,24,25)/p-1/t17-/m1/s1. The fourth-order valence-corrected chi connectivity index (χ4v) is 3.20. The molecule has 1 aliphatic heterocycles. The minimum Gasteiger partial charge on any atom is -0.550 e. The number of halogens is 2. The number of aliphatic hydroxyl groups is 1. The molecule has 3 rings (SSSR count). The van der Waals surface area contributed by atoms with Crippen molar-refractivity contribution in [3.8, 4) is 0 Å². The molecule has 1 fully saturated rings. The van der Waals surface area contributed by atoms with E-state index in [0.717, 1.165) is 17.0 Å². The number of hydrogen-bond donors (Lipinski definition) is 1. The molecule has 28 heavy (non-hydrogen) atoms. The zero-order valence-electron chi connectivity index (χ0n) is 14.4. The number of aliphatic hydroxyl groups excluding tert-OH is 1. The average Bonchev–Trinajstić information content (AvgIpc) is 2.91. The lowest BCUT2D eigenvalue weighted by molar-refractivity contribution is -0.305. The molecule has 0 bridgehead atoms. The largest absolute Gasteiger partial charge is 0.550 e. The summed E-state index contributed by atoms with van der Waals surface area (Å²) in [6.07, 6.45) is -0.494. The molecule has 0 spiro atoms. The van der Waals surface area contributed by atoms with Crippen LogP contribution in [0.15, 0.2) is 54.1 Å². The fourth-order valence-electron chi connectivity index (χ4n) is 3.08. The van der Waals surface area contributed by atoms with Gasteiger partial charge in [-0.15, -0.1) is 0 Å². The van der Waals surface area contributed by atoms with Crippen LogP contribution in [-0.2, 0) is 14.4 Å². The average molecular weight is 403 g/mol. The van der Waals surface area contributed by atoms with Crippen LogP contribution in [0.3, 0.4) is 0 Å². The van der Waals surface area contributed by atoms with Crippen molar-refractivity contribution < 1.29 is 29.0 Å². The maximum atomic E-state index is 13.3. The summed E-state index contributed by atoms with van der Waals surface area (Å²) in [6, 6.07) is 9.95. The van der Waals surface area contributed by atoms with Gasteiger partial charge in [0, 0.05) is 29.5 Å². The van der Waals surface area contributed by atoms with E-state index >= 15 is 0 Å². The summed E-state index contributed by atoms with van der Waals surface area (Å²) >= 11 is 5.84. The van der Waals surface area contributed by atoms with E-state index in [1.807, 2.05) is 0 Å². The highest BCUT2D eigenvalue weighted by atomic mass is 35.5. The SMILES string of the molecule is O=C([O-])CCN1C(=O)C(=O)C(=C(O)c2ccc(Cl)cc2)[C@H]1c1ccc(F)cc1. The predicted octanol–water partition coefficient (Wildman–Crippen LogP) is 2.04. The van der Waals surface area contributed by atoms with Crippen molar-refractivity contribution in [2.75, 3.05) is 6.54 Å². The summed E-state index contributed by atoms with van der Waals surface area (Å²) in [5.74, 6) is -4.25. The van der Waals surface area contributed by atoms with Crippen LogP contribution < -0.4 is 5.11 Å². The number of hydrogen-bond acceptors (Lipinski definition) is 5. The molecule has 2 aromatic carbocycles. The number of Topliss-reactive ketones (excluding diaryl/α,β-unsaturated/α-hetero) is 1. The van der Waals surface area contributed by atoms with Gasteiger partial charge in [0.2, 0.25) is 0 Å². The molecule has 1 N–H and O–H groups in total. The molecule has 1 saturated heterocycles. The predicted molar refractivity (Wildman–Crippen MR) is 96.5 cm³/mol. The Morgan fingerprint density at radius 1 is 1.11 bits per heavy atom. The molecule has 1 aliphatic rings. The van der Waals surface area contributed by atoms with Crippen LogP contribution in [-0.4, -0.2) is 34.2 Å². The lowest BCUT2D eigenvalue weighted by Crippen LogP contribution is -2.34. The van der Waals surface area contributed by atoms with E-state index in [4.69, 9.17) is 11.6 Å². The lowest BCUT2D eigenvalue weighted by Gasteiger charge is -2.25. The van der Waals surface area contributed by atoms with Gasteiger partial charge in [-0.1, -0.05) is 23.7 Å². The smallest absolute Gasteiger partial charge is 0.295 e. The Morgan fingerprint density at radius 2 is 1.71 bits per heavy atom. The summed E-state index contributed by atoms with van der Waals surface area (Å²) < 4.78 is 13.3. The van der Waals surface area contributed by atoms with Crippen LogP contribution in [0.25, 0.3) is 5.76 Å². The van der Waals surface area contributed by atoms with Crippen molar-refractivity contribution in [3.63, 3.8) is 0 Å². The van der Waals surface area contributed by atoms with Crippen molar-refractivity contribution in [2.45, 2.75) is 12.5 Å². The van der Waals surface area contributed by atoms with Gasteiger partial charge in [-0.3, -0.25) is 9.59 Å². The molecule has 1 heterocycles. The Labute approximate surface area is 164 Å². The van der Waals surface area contributed by atoms with Crippen LogP contribution in [0, 0.1) is 5.82 Å². The second kappa shape index (κ2) is 7.82. The van der Waals surface area contributed by atoms with Crippen molar-refractivity contribution in [1.29, 1.82) is 0 Å². The fraction of sp³-hybridized carbons (Fsp3) is 0.150. The van der Waals surface area contributed by atoms with Gasteiger partial charge in [0.25, 0.3) is 11.7 Å². The van der Waals surface area contributed by atoms with Crippen molar-refractivity contribution in [2.24, 2.45) is 0 Å². The number of rotatable bonds is 5. The van der Waals surface area contributed by atoms with Gasteiger partial charge in [0.05, 0.1) is 11.6 Å². The van der Waals surface area contributed by atoms with E-state index in [1.54, 1.807) is 0 Å². The summed E-state index contributed by atoms with van der Waals surface area (Å²) in [5.41, 5.74) is 0.404. The maximum absolute atomic E-state index is 13.3. The lowest BCUT2D eigenvalue weighted by atomic mass is 9.95. The zero-order valence-corrected chi connectivity index (χ0v) is 15.1. The van der Waals surface area contributed by atoms with Gasteiger partial charge >= 0.3 is 0 Å². The topological polar surface area (TPSA) is 97.7 Å². The number of nitrogens with zero attached hydrogens (tertiary/aromatic N) is 1. The van der Waals surface area contributed by atoms with Gasteiger partial charge in [-0.25, -0.2) is 4.39 Å². The van der Waals surface area contributed by atoms with Crippen molar-refractivity contribution in [3.05, 3.63) is 76.1 Å². The molecule has 144 valence electrons. The van der Waals surface area contributed by atoms with Crippen LogP contribution in [0.1, 0.15) is 23.6 Å². The first-order valence-corrected chi connectivity index (χ1v) is 8.67.